The summed E-state index contributed by atoms with van der Waals surface area (Å²) in [6, 6.07) is 14.1. The van der Waals surface area contributed by atoms with E-state index >= 15 is 0 Å². The molecule has 5 heteroatoms. The van der Waals surface area contributed by atoms with Gasteiger partial charge in [0, 0.05) is 17.1 Å². The summed E-state index contributed by atoms with van der Waals surface area (Å²) in [5.41, 5.74) is 0.799. The van der Waals surface area contributed by atoms with E-state index in [9.17, 15) is 9.59 Å². The van der Waals surface area contributed by atoms with E-state index < -0.39 is 0 Å². The lowest BCUT2D eigenvalue weighted by Gasteiger charge is -2.04. The summed E-state index contributed by atoms with van der Waals surface area (Å²) in [6.45, 7) is 0. The lowest BCUT2D eigenvalue weighted by molar-refractivity contribution is 0.102. The number of fused-ring (bicyclic) bond motifs is 1. The Morgan fingerprint density at radius 3 is 2.70 bits per heavy atom. The van der Waals surface area contributed by atoms with Crippen LogP contribution in [-0.2, 0) is 0 Å². The molecule has 3 rings (SSSR count). The van der Waals surface area contributed by atoms with Crippen molar-refractivity contribution in [1.29, 1.82) is 0 Å². The topological polar surface area (TPSA) is 59.1 Å². The van der Waals surface area contributed by atoms with Gasteiger partial charge in [-0.3, -0.25) is 9.59 Å². The van der Waals surface area contributed by atoms with Gasteiger partial charge in [0.05, 0.1) is 0 Å². The van der Waals surface area contributed by atoms with Crippen molar-refractivity contribution in [2.24, 2.45) is 0 Å². The lowest BCUT2D eigenvalue weighted by Crippen LogP contribution is -2.16. The predicted octanol–water partition coefficient (Wildman–Crippen LogP) is 2.91. The van der Waals surface area contributed by atoms with Gasteiger partial charge in [0.25, 0.3) is 10.6 Å². The highest BCUT2D eigenvalue weighted by Crippen LogP contribution is 2.17. The van der Waals surface area contributed by atoms with Crippen LogP contribution in [0.15, 0.2) is 59.5 Å². The Bertz CT molecular complexity index is 828. The zero-order valence-electron chi connectivity index (χ0n) is 10.4. The maximum Gasteiger partial charge on any atom is 0.257 e. The van der Waals surface area contributed by atoms with Crippen molar-refractivity contribution in [2.75, 3.05) is 5.32 Å². The lowest BCUT2D eigenvalue weighted by atomic mass is 10.2. The monoisotopic (exact) mass is 282 g/mol. The number of benzene rings is 1. The normalized spacial score (nSPS) is 10.4. The number of rotatable bonds is 2. The number of hydrogen-bond acceptors (Lipinski definition) is 4. The van der Waals surface area contributed by atoms with Crippen molar-refractivity contribution in [3.05, 3.63) is 69.8 Å². The van der Waals surface area contributed by atoms with E-state index in [2.05, 4.69) is 10.3 Å². The fourth-order valence-corrected chi connectivity index (χ4v) is 2.58. The Kier molecular flexibility index (Phi) is 3.26. The summed E-state index contributed by atoms with van der Waals surface area (Å²) in [7, 11) is 0. The quantitative estimate of drug-likeness (QED) is 0.786. The smallest absolute Gasteiger partial charge is 0.257 e. The first-order valence-electron chi connectivity index (χ1n) is 5.99. The number of carbonyl (C=O) groups is 1. The highest BCUT2D eigenvalue weighted by molar-refractivity contribution is 7.16. The molecule has 0 aliphatic carbocycles. The molecule has 2 heterocycles. The van der Waals surface area contributed by atoms with Gasteiger partial charge in [0.2, 0.25) is 0 Å². The maximum atomic E-state index is 12.0. The van der Waals surface area contributed by atoms with Gasteiger partial charge in [-0.15, -0.1) is 0 Å². The molecule has 2 aromatic heterocycles. The van der Waals surface area contributed by atoms with E-state index in [1.165, 1.54) is 0 Å². The minimum Gasteiger partial charge on any atom is -0.318 e. The third-order valence-corrected chi connectivity index (χ3v) is 3.73. The average Bonchev–Trinajstić information content (AvgIpc) is 2.49. The second kappa shape index (κ2) is 5.22. The molecule has 0 radical (unpaired) electrons. The minimum absolute atomic E-state index is 0.208. The Balaban J connectivity index is 1.97. The summed E-state index contributed by atoms with van der Waals surface area (Å²) < 4.78 is -0.208. The van der Waals surface area contributed by atoms with Gasteiger partial charge in [-0.25, -0.2) is 4.98 Å². The highest BCUT2D eigenvalue weighted by atomic mass is 32.1. The summed E-state index contributed by atoms with van der Waals surface area (Å²) in [4.78, 5) is 28.8. The summed E-state index contributed by atoms with van der Waals surface area (Å²) in [5.74, 6) is -0.293. The predicted molar refractivity (Wildman–Crippen MR) is 80.3 cm³/mol. The van der Waals surface area contributed by atoms with Crippen LogP contribution in [-0.4, -0.2) is 10.9 Å². The van der Waals surface area contributed by atoms with Crippen LogP contribution in [0.2, 0.25) is 0 Å². The number of hydrogen-bond donors (Lipinski definition) is 1. The van der Waals surface area contributed by atoms with Gasteiger partial charge in [0.1, 0.15) is 10.5 Å². The van der Waals surface area contributed by atoms with Crippen molar-refractivity contribution >= 4 is 33.1 Å². The van der Waals surface area contributed by atoms with Gasteiger partial charge in [-0.2, -0.15) is 0 Å². The van der Waals surface area contributed by atoms with Gasteiger partial charge in [-0.1, -0.05) is 35.6 Å². The molecule has 0 bridgehead atoms. The van der Waals surface area contributed by atoms with Crippen LogP contribution in [0.3, 0.4) is 0 Å². The Morgan fingerprint density at radius 2 is 1.90 bits per heavy atom. The maximum absolute atomic E-state index is 12.0. The number of nitrogens with zero attached hydrogens (tertiary/aromatic N) is 1. The molecular formula is C15H10N2O2S. The van der Waals surface area contributed by atoms with Gasteiger partial charge in [-0.05, 0) is 24.3 Å². The molecule has 1 N–H and O–H groups in total. The number of amides is 1. The van der Waals surface area contributed by atoms with E-state index in [0.29, 0.717) is 10.4 Å². The molecule has 0 saturated carbocycles. The molecular weight excluding hydrogens is 272 g/mol. The first-order valence-corrected chi connectivity index (χ1v) is 6.81. The summed E-state index contributed by atoms with van der Waals surface area (Å²) in [5, 5.41) is 3.48. The molecule has 4 nitrogen and oxygen atoms in total. The van der Waals surface area contributed by atoms with Crippen LogP contribution in [0.25, 0.3) is 10.2 Å². The first-order chi connectivity index (χ1) is 9.74. The number of anilines is 1. The van der Waals surface area contributed by atoms with E-state index in [0.717, 1.165) is 16.7 Å². The molecule has 98 valence electrons. The summed E-state index contributed by atoms with van der Waals surface area (Å²) in [6.07, 6.45) is 1.64. The molecule has 1 amide bonds. The Hall–Kier alpha value is -2.53. The highest BCUT2D eigenvalue weighted by Gasteiger charge is 2.09. The molecule has 0 atom stereocenters. The molecule has 0 aliphatic rings. The zero-order valence-corrected chi connectivity index (χ0v) is 11.2. The fourth-order valence-electron chi connectivity index (χ4n) is 1.83. The second-order valence-electron chi connectivity index (χ2n) is 4.17. The third kappa shape index (κ3) is 2.44. The Morgan fingerprint density at radius 1 is 1.10 bits per heavy atom. The standard InChI is InChI=1S/C15H10N2O2S/c18-13(10-5-2-1-3-6-10)17-12-9-11-7-4-8-16-14(11)20-15(12)19/h1-9H,(H,17,18). The molecule has 0 spiro atoms. The van der Waals surface area contributed by atoms with Crippen LogP contribution in [0, 0.1) is 0 Å². The van der Waals surface area contributed by atoms with E-state index in [1.54, 1.807) is 42.6 Å². The van der Waals surface area contributed by atoms with Crippen LogP contribution in [0.5, 0.6) is 0 Å². The molecule has 0 aliphatic heterocycles. The van der Waals surface area contributed by atoms with E-state index in [4.69, 9.17) is 0 Å². The third-order valence-electron chi connectivity index (χ3n) is 2.79. The number of pyridine rings is 1. The minimum atomic E-state index is -0.293. The zero-order chi connectivity index (χ0) is 13.9. The van der Waals surface area contributed by atoms with Crippen molar-refractivity contribution in [3.63, 3.8) is 0 Å². The second-order valence-corrected chi connectivity index (χ2v) is 5.13. The van der Waals surface area contributed by atoms with Crippen LogP contribution < -0.4 is 10.1 Å². The van der Waals surface area contributed by atoms with Crippen molar-refractivity contribution < 1.29 is 4.79 Å². The number of aromatic nitrogens is 1. The Labute approximate surface area is 118 Å². The van der Waals surface area contributed by atoms with Crippen LogP contribution >= 0.6 is 11.3 Å². The largest absolute Gasteiger partial charge is 0.318 e. The van der Waals surface area contributed by atoms with E-state index in [-0.39, 0.29) is 16.3 Å². The van der Waals surface area contributed by atoms with Crippen molar-refractivity contribution in [2.45, 2.75) is 0 Å². The SMILES string of the molecule is O=C(Nc1cc2cccnc2sc1=O)c1ccccc1. The first kappa shape index (κ1) is 12.5. The van der Waals surface area contributed by atoms with Gasteiger partial charge in [0.15, 0.2) is 0 Å². The number of nitrogens with one attached hydrogen (secondary N) is 1. The molecule has 0 fully saturated rings. The number of carbonyl (C=O) groups excluding carboxylic acids is 1. The average molecular weight is 282 g/mol. The van der Waals surface area contributed by atoms with Crippen molar-refractivity contribution in [3.8, 4) is 0 Å². The van der Waals surface area contributed by atoms with Crippen LogP contribution in [0.1, 0.15) is 10.4 Å². The van der Waals surface area contributed by atoms with Gasteiger partial charge < -0.3 is 5.32 Å². The fraction of sp³-hybridized carbons (Fsp3) is 0. The molecule has 0 unspecified atom stereocenters. The molecule has 20 heavy (non-hydrogen) atoms. The molecule has 3 aromatic rings. The van der Waals surface area contributed by atoms with Gasteiger partial charge >= 0.3 is 0 Å². The molecule has 0 saturated heterocycles. The van der Waals surface area contributed by atoms with Crippen molar-refractivity contribution in [1.82, 2.24) is 4.98 Å². The summed E-state index contributed by atoms with van der Waals surface area (Å²) >= 11 is 1.02. The van der Waals surface area contributed by atoms with Crippen LogP contribution in [0.4, 0.5) is 5.69 Å². The van der Waals surface area contributed by atoms with E-state index in [1.807, 2.05) is 12.1 Å². The molecule has 1 aromatic carbocycles.